The third-order valence-corrected chi connectivity index (χ3v) is 6.19. The van der Waals surface area contributed by atoms with Gasteiger partial charge in [0.25, 0.3) is 11.8 Å². The van der Waals surface area contributed by atoms with E-state index in [0.29, 0.717) is 5.56 Å². The number of rotatable bonds is 5. The van der Waals surface area contributed by atoms with E-state index in [1.165, 1.54) is 36.4 Å². The summed E-state index contributed by atoms with van der Waals surface area (Å²) >= 11 is 5.20. The van der Waals surface area contributed by atoms with Crippen molar-refractivity contribution in [2.24, 2.45) is 0 Å². The minimum Gasteiger partial charge on any atom is -0.478 e. The molecule has 4 rings (SSSR count). The molecule has 1 aliphatic heterocycles. The van der Waals surface area contributed by atoms with Crippen LogP contribution in [0.5, 0.6) is 0 Å². The van der Waals surface area contributed by atoms with Gasteiger partial charge in [-0.2, -0.15) is 0 Å². The van der Waals surface area contributed by atoms with Crippen LogP contribution < -0.4 is 10.2 Å². The number of aromatic nitrogens is 1. The fraction of sp³-hybridized carbons (Fsp3) is 0.115. The SMILES string of the molecule is Cc1cc(C(=O)O)ccc1-n1c(C)cc(C=C2C(=O)NC(=S)N(c3cccc(C(=O)O)c3)C2=O)c1C. The largest absolute Gasteiger partial charge is 0.478 e. The first-order valence-corrected chi connectivity index (χ1v) is 11.2. The fourth-order valence-corrected chi connectivity index (χ4v) is 4.45. The normalized spacial score (nSPS) is 14.8. The Hall–Kier alpha value is -4.57. The van der Waals surface area contributed by atoms with Crippen LogP contribution in [0.3, 0.4) is 0 Å². The highest BCUT2D eigenvalue weighted by Crippen LogP contribution is 2.28. The van der Waals surface area contributed by atoms with Crippen LogP contribution >= 0.6 is 12.2 Å². The van der Waals surface area contributed by atoms with E-state index in [2.05, 4.69) is 5.32 Å². The molecule has 0 atom stereocenters. The van der Waals surface area contributed by atoms with Gasteiger partial charge in [-0.1, -0.05) is 6.07 Å². The van der Waals surface area contributed by atoms with Crippen LogP contribution in [0.15, 0.2) is 54.1 Å². The molecule has 1 fully saturated rings. The Morgan fingerprint density at radius 2 is 1.61 bits per heavy atom. The third kappa shape index (κ3) is 4.29. The van der Waals surface area contributed by atoms with Gasteiger partial charge in [0, 0.05) is 17.1 Å². The molecule has 0 saturated carbocycles. The van der Waals surface area contributed by atoms with Crippen molar-refractivity contribution in [2.45, 2.75) is 20.8 Å². The second-order valence-corrected chi connectivity index (χ2v) is 8.67. The number of hydrogen-bond donors (Lipinski definition) is 3. The Kier molecular flexibility index (Phi) is 6.30. The Bertz CT molecular complexity index is 1520. The van der Waals surface area contributed by atoms with Crippen LogP contribution in [0, 0.1) is 20.8 Å². The summed E-state index contributed by atoms with van der Waals surface area (Å²) in [5, 5.41) is 20.9. The summed E-state index contributed by atoms with van der Waals surface area (Å²) in [6.07, 6.45) is 1.47. The number of aromatic carboxylic acids is 2. The minimum absolute atomic E-state index is 0.0293. The molecular formula is C26H21N3O6S. The van der Waals surface area contributed by atoms with Gasteiger partial charge >= 0.3 is 11.9 Å². The topological polar surface area (TPSA) is 129 Å². The highest BCUT2D eigenvalue weighted by molar-refractivity contribution is 7.80. The summed E-state index contributed by atoms with van der Waals surface area (Å²) < 4.78 is 1.91. The monoisotopic (exact) mass is 503 g/mol. The van der Waals surface area contributed by atoms with E-state index < -0.39 is 23.8 Å². The predicted molar refractivity (Wildman–Crippen MR) is 137 cm³/mol. The lowest BCUT2D eigenvalue weighted by atomic mass is 10.1. The Morgan fingerprint density at radius 3 is 2.25 bits per heavy atom. The number of thiocarbonyl (C=S) groups is 1. The standard InChI is InChI=1S/C26H21N3O6S/c1-13-9-17(25(34)35)7-8-21(13)28-14(2)10-18(15(28)3)12-20-22(30)27-26(36)29(23(20)31)19-6-4-5-16(11-19)24(32)33/h4-12H,1-3H3,(H,32,33)(H,34,35)(H,27,30,36). The van der Waals surface area contributed by atoms with E-state index in [-0.39, 0.29) is 27.5 Å². The molecule has 1 aliphatic rings. The average molecular weight is 504 g/mol. The van der Waals surface area contributed by atoms with Gasteiger partial charge in [-0.3, -0.25) is 19.8 Å². The van der Waals surface area contributed by atoms with Gasteiger partial charge < -0.3 is 14.8 Å². The van der Waals surface area contributed by atoms with Crippen molar-refractivity contribution in [3.05, 3.63) is 87.7 Å². The van der Waals surface area contributed by atoms with Crippen LogP contribution in [-0.2, 0) is 9.59 Å². The van der Waals surface area contributed by atoms with Crippen molar-refractivity contribution >= 4 is 52.8 Å². The quantitative estimate of drug-likeness (QED) is 0.275. The maximum Gasteiger partial charge on any atom is 0.335 e. The summed E-state index contributed by atoms with van der Waals surface area (Å²) in [7, 11) is 0. The van der Waals surface area contributed by atoms with E-state index in [9.17, 15) is 29.4 Å². The maximum atomic E-state index is 13.4. The number of hydrogen-bond acceptors (Lipinski definition) is 5. The molecule has 0 radical (unpaired) electrons. The molecule has 2 aromatic carbocycles. The first kappa shape index (κ1) is 24.6. The van der Waals surface area contributed by atoms with E-state index in [1.807, 2.05) is 24.5 Å². The van der Waals surface area contributed by atoms with Gasteiger partial charge in [-0.05, 0) is 92.7 Å². The lowest BCUT2D eigenvalue weighted by Gasteiger charge is -2.29. The molecule has 0 spiro atoms. The third-order valence-electron chi connectivity index (χ3n) is 5.91. The van der Waals surface area contributed by atoms with Crippen molar-refractivity contribution in [3.8, 4) is 5.69 Å². The van der Waals surface area contributed by atoms with Crippen molar-refractivity contribution in [1.29, 1.82) is 0 Å². The fourth-order valence-electron chi connectivity index (χ4n) is 4.17. The van der Waals surface area contributed by atoms with Crippen molar-refractivity contribution in [2.75, 3.05) is 4.90 Å². The molecule has 0 unspecified atom stereocenters. The van der Waals surface area contributed by atoms with Gasteiger partial charge in [-0.25, -0.2) is 9.59 Å². The lowest BCUT2D eigenvalue weighted by Crippen LogP contribution is -2.54. The molecule has 1 aromatic heterocycles. The van der Waals surface area contributed by atoms with Gasteiger partial charge in [-0.15, -0.1) is 0 Å². The Morgan fingerprint density at radius 1 is 0.944 bits per heavy atom. The van der Waals surface area contributed by atoms with E-state index in [0.717, 1.165) is 27.5 Å². The summed E-state index contributed by atoms with van der Waals surface area (Å²) in [5.41, 5.74) is 3.88. The molecule has 3 N–H and O–H groups in total. The molecule has 1 saturated heterocycles. The van der Waals surface area contributed by atoms with Gasteiger partial charge in [0.15, 0.2) is 5.11 Å². The predicted octanol–water partition coefficient (Wildman–Crippen LogP) is 3.63. The van der Waals surface area contributed by atoms with Crippen molar-refractivity contribution < 1.29 is 29.4 Å². The number of anilines is 1. The zero-order valence-corrected chi connectivity index (χ0v) is 20.3. The van der Waals surface area contributed by atoms with Crippen molar-refractivity contribution in [1.82, 2.24) is 9.88 Å². The first-order valence-electron chi connectivity index (χ1n) is 10.8. The Balaban J connectivity index is 1.77. The summed E-state index contributed by atoms with van der Waals surface area (Å²) in [6.45, 7) is 5.50. The smallest absolute Gasteiger partial charge is 0.335 e. The van der Waals surface area contributed by atoms with Crippen LogP contribution in [0.25, 0.3) is 11.8 Å². The van der Waals surface area contributed by atoms with Crippen LogP contribution in [0.1, 0.15) is 43.2 Å². The van der Waals surface area contributed by atoms with Crippen molar-refractivity contribution in [3.63, 3.8) is 0 Å². The van der Waals surface area contributed by atoms with E-state index >= 15 is 0 Å². The van der Waals surface area contributed by atoms with Gasteiger partial charge in [0.05, 0.1) is 16.8 Å². The molecular weight excluding hydrogens is 482 g/mol. The first-order chi connectivity index (χ1) is 17.0. The summed E-state index contributed by atoms with van der Waals surface area (Å²) in [4.78, 5) is 49.8. The van der Waals surface area contributed by atoms with E-state index in [4.69, 9.17) is 12.2 Å². The van der Waals surface area contributed by atoms with Gasteiger partial charge in [0.2, 0.25) is 0 Å². The molecule has 9 nitrogen and oxygen atoms in total. The van der Waals surface area contributed by atoms with E-state index in [1.54, 1.807) is 19.1 Å². The molecule has 0 bridgehead atoms. The lowest BCUT2D eigenvalue weighted by molar-refractivity contribution is -0.122. The molecule has 2 heterocycles. The van der Waals surface area contributed by atoms with Crippen LogP contribution in [0.2, 0.25) is 0 Å². The number of nitrogens with zero attached hydrogens (tertiary/aromatic N) is 2. The number of carbonyl (C=O) groups is 4. The minimum atomic E-state index is -1.16. The molecule has 182 valence electrons. The number of carboxylic acids is 2. The number of aryl methyl sites for hydroxylation is 2. The second-order valence-electron chi connectivity index (χ2n) is 8.28. The molecule has 0 aliphatic carbocycles. The highest BCUT2D eigenvalue weighted by atomic mass is 32.1. The number of carbonyl (C=O) groups excluding carboxylic acids is 2. The summed E-state index contributed by atoms with van der Waals surface area (Å²) in [5.74, 6) is -3.53. The highest BCUT2D eigenvalue weighted by Gasteiger charge is 2.35. The number of nitrogens with one attached hydrogen (secondary N) is 1. The number of carboxylic acid groups (broad SMARTS) is 2. The number of benzene rings is 2. The Labute approximate surface area is 211 Å². The summed E-state index contributed by atoms with van der Waals surface area (Å²) in [6, 6.07) is 12.3. The van der Waals surface area contributed by atoms with Crippen LogP contribution in [0.4, 0.5) is 5.69 Å². The molecule has 10 heteroatoms. The van der Waals surface area contributed by atoms with Gasteiger partial charge in [0.1, 0.15) is 5.57 Å². The maximum absolute atomic E-state index is 13.4. The van der Waals surface area contributed by atoms with Crippen LogP contribution in [-0.4, -0.2) is 43.6 Å². The zero-order chi connectivity index (χ0) is 26.3. The zero-order valence-electron chi connectivity index (χ0n) is 19.5. The molecule has 2 amide bonds. The molecule has 3 aromatic rings. The average Bonchev–Trinajstić information content (AvgIpc) is 3.09. The molecule has 36 heavy (non-hydrogen) atoms. The second kappa shape index (κ2) is 9.23. The number of amides is 2.